The lowest BCUT2D eigenvalue weighted by molar-refractivity contribution is -0.385. The summed E-state index contributed by atoms with van der Waals surface area (Å²) in [5.74, 6) is 0.326. The molecule has 7 nitrogen and oxygen atoms in total. The van der Waals surface area contributed by atoms with Gasteiger partial charge in [0.15, 0.2) is 5.75 Å². The van der Waals surface area contributed by atoms with Crippen LogP contribution in [0.15, 0.2) is 41.0 Å². The molecule has 1 aromatic carbocycles. The highest BCUT2D eigenvalue weighted by Gasteiger charge is 2.20. The third-order valence-corrected chi connectivity index (χ3v) is 3.04. The van der Waals surface area contributed by atoms with Gasteiger partial charge in [-0.05, 0) is 38.1 Å². The van der Waals surface area contributed by atoms with E-state index in [0.717, 1.165) is 0 Å². The summed E-state index contributed by atoms with van der Waals surface area (Å²) in [7, 11) is 0. The van der Waals surface area contributed by atoms with Crippen molar-refractivity contribution in [1.29, 1.82) is 0 Å². The van der Waals surface area contributed by atoms with E-state index >= 15 is 0 Å². The van der Waals surface area contributed by atoms with Crippen LogP contribution in [0.1, 0.15) is 36.0 Å². The Morgan fingerprint density at radius 1 is 1.45 bits per heavy atom. The number of rotatable bonds is 6. The molecule has 2 aromatic rings. The number of ether oxygens (including phenoxy) is 1. The van der Waals surface area contributed by atoms with Gasteiger partial charge in [0, 0.05) is 11.6 Å². The van der Waals surface area contributed by atoms with E-state index in [1.165, 1.54) is 24.5 Å². The predicted molar refractivity (Wildman–Crippen MR) is 78.9 cm³/mol. The summed E-state index contributed by atoms with van der Waals surface area (Å²) in [6.07, 6.45) is 1.51. The summed E-state index contributed by atoms with van der Waals surface area (Å²) in [5, 5.41) is 13.8. The van der Waals surface area contributed by atoms with Gasteiger partial charge in [0.1, 0.15) is 5.76 Å². The van der Waals surface area contributed by atoms with E-state index in [4.69, 9.17) is 9.15 Å². The van der Waals surface area contributed by atoms with Crippen molar-refractivity contribution in [3.8, 4) is 5.75 Å². The zero-order valence-electron chi connectivity index (χ0n) is 12.2. The molecule has 0 saturated carbocycles. The second-order valence-electron chi connectivity index (χ2n) is 4.58. The first-order chi connectivity index (χ1) is 10.5. The van der Waals surface area contributed by atoms with E-state index < -0.39 is 10.8 Å². The fourth-order valence-electron chi connectivity index (χ4n) is 1.97. The Bertz CT molecular complexity index is 667. The lowest BCUT2D eigenvalue weighted by atomic mass is 10.1. The Hall–Kier alpha value is -2.83. The lowest BCUT2D eigenvalue weighted by Crippen LogP contribution is -2.26. The van der Waals surface area contributed by atoms with Gasteiger partial charge in [-0.15, -0.1) is 0 Å². The van der Waals surface area contributed by atoms with Gasteiger partial charge >= 0.3 is 5.69 Å². The fourth-order valence-corrected chi connectivity index (χ4v) is 1.97. The number of nitrogens with one attached hydrogen (secondary N) is 1. The van der Waals surface area contributed by atoms with Crippen molar-refractivity contribution in [3.05, 3.63) is 58.0 Å². The van der Waals surface area contributed by atoms with Crippen molar-refractivity contribution in [1.82, 2.24) is 5.32 Å². The van der Waals surface area contributed by atoms with E-state index in [2.05, 4.69) is 5.32 Å². The van der Waals surface area contributed by atoms with Gasteiger partial charge < -0.3 is 14.5 Å². The SMILES string of the molecule is CCOc1ccc(C(=O)N[C@@H](C)c2ccco2)cc1[N+](=O)[O-]. The first kappa shape index (κ1) is 15.6. The zero-order valence-corrected chi connectivity index (χ0v) is 12.2. The van der Waals surface area contributed by atoms with Crippen LogP contribution in [0.5, 0.6) is 5.75 Å². The Morgan fingerprint density at radius 2 is 2.23 bits per heavy atom. The molecule has 1 aromatic heterocycles. The second-order valence-corrected chi connectivity index (χ2v) is 4.58. The molecule has 116 valence electrons. The number of amides is 1. The molecule has 7 heteroatoms. The number of nitrogens with zero attached hydrogens (tertiary/aromatic N) is 1. The van der Waals surface area contributed by atoms with Crippen molar-refractivity contribution in [2.45, 2.75) is 19.9 Å². The lowest BCUT2D eigenvalue weighted by Gasteiger charge is -2.12. The van der Waals surface area contributed by atoms with Crippen LogP contribution in [0.25, 0.3) is 0 Å². The monoisotopic (exact) mass is 304 g/mol. The summed E-state index contributed by atoms with van der Waals surface area (Å²) in [5.41, 5.74) is -0.0475. The molecule has 0 fully saturated rings. The Labute approximate surface area is 127 Å². The minimum absolute atomic E-state index is 0.142. The van der Waals surface area contributed by atoms with Crippen molar-refractivity contribution >= 4 is 11.6 Å². The molecule has 0 aliphatic rings. The Kier molecular flexibility index (Phi) is 4.77. The van der Waals surface area contributed by atoms with Crippen LogP contribution in [-0.2, 0) is 0 Å². The highest BCUT2D eigenvalue weighted by molar-refractivity contribution is 5.95. The van der Waals surface area contributed by atoms with Crippen molar-refractivity contribution < 1.29 is 18.9 Å². The van der Waals surface area contributed by atoms with E-state index in [-0.39, 0.29) is 23.0 Å². The van der Waals surface area contributed by atoms with Crippen molar-refractivity contribution in [2.75, 3.05) is 6.61 Å². The first-order valence-electron chi connectivity index (χ1n) is 6.78. The van der Waals surface area contributed by atoms with Crippen LogP contribution < -0.4 is 10.1 Å². The molecule has 0 saturated heterocycles. The number of nitro benzene ring substituents is 1. The van der Waals surface area contributed by atoms with Crippen molar-refractivity contribution in [2.24, 2.45) is 0 Å². The number of carbonyl (C=O) groups is 1. The van der Waals surface area contributed by atoms with Gasteiger partial charge in [-0.1, -0.05) is 0 Å². The molecule has 0 unspecified atom stereocenters. The average molecular weight is 304 g/mol. The molecule has 1 amide bonds. The minimum atomic E-state index is -0.572. The Morgan fingerprint density at radius 3 is 2.82 bits per heavy atom. The topological polar surface area (TPSA) is 94.6 Å². The van der Waals surface area contributed by atoms with E-state index in [0.29, 0.717) is 12.4 Å². The molecular formula is C15H16N2O5. The molecule has 0 bridgehead atoms. The third kappa shape index (κ3) is 3.43. The van der Waals surface area contributed by atoms with Gasteiger partial charge in [-0.25, -0.2) is 0 Å². The molecule has 0 radical (unpaired) electrons. The maximum Gasteiger partial charge on any atom is 0.311 e. The maximum absolute atomic E-state index is 12.2. The molecule has 1 heterocycles. The molecule has 22 heavy (non-hydrogen) atoms. The quantitative estimate of drug-likeness (QED) is 0.653. The standard InChI is InChI=1S/C15H16N2O5/c1-3-21-14-7-6-11(9-12(14)17(19)20)15(18)16-10(2)13-5-4-8-22-13/h4-10H,3H2,1-2H3,(H,16,18)/t10-/m0/s1. The van der Waals surface area contributed by atoms with Crippen LogP contribution in [0, 0.1) is 10.1 Å². The van der Waals surface area contributed by atoms with Gasteiger partial charge in [0.25, 0.3) is 5.91 Å². The maximum atomic E-state index is 12.2. The van der Waals surface area contributed by atoms with Crippen molar-refractivity contribution in [3.63, 3.8) is 0 Å². The number of carbonyl (C=O) groups excluding carboxylic acids is 1. The predicted octanol–water partition coefficient (Wildman–Crippen LogP) is 3.08. The number of benzene rings is 1. The molecule has 2 rings (SSSR count). The summed E-state index contributed by atoms with van der Waals surface area (Å²) in [6, 6.07) is 7.24. The van der Waals surface area contributed by atoms with Crippen LogP contribution in [0.2, 0.25) is 0 Å². The summed E-state index contributed by atoms with van der Waals surface area (Å²) in [6.45, 7) is 3.80. The fraction of sp³-hybridized carbons (Fsp3) is 0.267. The minimum Gasteiger partial charge on any atom is -0.487 e. The van der Waals surface area contributed by atoms with E-state index in [1.54, 1.807) is 26.0 Å². The van der Waals surface area contributed by atoms with E-state index in [9.17, 15) is 14.9 Å². The highest BCUT2D eigenvalue weighted by Crippen LogP contribution is 2.28. The first-order valence-corrected chi connectivity index (χ1v) is 6.78. The highest BCUT2D eigenvalue weighted by atomic mass is 16.6. The van der Waals surface area contributed by atoms with E-state index in [1.807, 2.05) is 0 Å². The van der Waals surface area contributed by atoms with Crippen LogP contribution >= 0.6 is 0 Å². The second kappa shape index (κ2) is 6.75. The summed E-state index contributed by atoms with van der Waals surface area (Å²) < 4.78 is 10.4. The molecule has 0 aliphatic heterocycles. The number of hydrogen-bond acceptors (Lipinski definition) is 5. The van der Waals surface area contributed by atoms with Crippen LogP contribution in [0.4, 0.5) is 5.69 Å². The Balaban J connectivity index is 2.19. The zero-order chi connectivity index (χ0) is 16.1. The van der Waals surface area contributed by atoms with Gasteiger partial charge in [-0.2, -0.15) is 0 Å². The van der Waals surface area contributed by atoms with Crippen LogP contribution in [-0.4, -0.2) is 17.4 Å². The molecule has 0 spiro atoms. The normalized spacial score (nSPS) is 11.7. The summed E-state index contributed by atoms with van der Waals surface area (Å²) >= 11 is 0. The molecular weight excluding hydrogens is 288 g/mol. The van der Waals surface area contributed by atoms with Gasteiger partial charge in [-0.3, -0.25) is 14.9 Å². The number of furan rings is 1. The smallest absolute Gasteiger partial charge is 0.311 e. The largest absolute Gasteiger partial charge is 0.487 e. The van der Waals surface area contributed by atoms with Gasteiger partial charge in [0.05, 0.1) is 23.8 Å². The molecule has 0 aliphatic carbocycles. The third-order valence-electron chi connectivity index (χ3n) is 3.04. The number of hydrogen-bond donors (Lipinski definition) is 1. The van der Waals surface area contributed by atoms with Crippen LogP contribution in [0.3, 0.4) is 0 Å². The molecule has 1 atom stereocenters. The van der Waals surface area contributed by atoms with Gasteiger partial charge in [0.2, 0.25) is 0 Å². The number of nitro groups is 1. The molecule has 1 N–H and O–H groups in total. The average Bonchev–Trinajstić information content (AvgIpc) is 3.02. The summed E-state index contributed by atoms with van der Waals surface area (Å²) in [4.78, 5) is 22.7.